The van der Waals surface area contributed by atoms with Gasteiger partial charge in [-0.05, 0) is 30.2 Å². The number of hydrogen-bond donors (Lipinski definition) is 2. The van der Waals surface area contributed by atoms with Crippen LogP contribution in [0.1, 0.15) is 40.9 Å². The molecule has 3 rings (SSSR count). The SMILES string of the molecule is CC(=O)c1ccc(S(=O)(=O)NCCC(=O)NC(c2ccccc2)c2ccccc2)cc1. The lowest BCUT2D eigenvalue weighted by Crippen LogP contribution is -2.33. The molecule has 0 aromatic heterocycles. The third-order valence-corrected chi connectivity index (χ3v) is 6.26. The van der Waals surface area contributed by atoms with Gasteiger partial charge < -0.3 is 5.32 Å². The Hall–Kier alpha value is -3.29. The van der Waals surface area contributed by atoms with Gasteiger partial charge in [0.25, 0.3) is 0 Å². The number of hydrogen-bond acceptors (Lipinski definition) is 4. The number of nitrogens with one attached hydrogen (secondary N) is 2. The predicted octanol–water partition coefficient (Wildman–Crippen LogP) is 3.46. The van der Waals surface area contributed by atoms with E-state index in [0.29, 0.717) is 5.56 Å². The molecule has 3 aromatic rings. The molecular weight excluding hydrogens is 412 g/mol. The molecule has 0 atom stereocenters. The minimum atomic E-state index is -3.77. The molecule has 6 nitrogen and oxygen atoms in total. The van der Waals surface area contributed by atoms with Gasteiger partial charge in [-0.25, -0.2) is 13.1 Å². The zero-order valence-corrected chi connectivity index (χ0v) is 17.9. The molecule has 0 unspecified atom stereocenters. The maximum Gasteiger partial charge on any atom is 0.240 e. The number of benzene rings is 3. The first kappa shape index (κ1) is 22.4. The Balaban J connectivity index is 1.62. The third-order valence-electron chi connectivity index (χ3n) is 4.79. The molecule has 31 heavy (non-hydrogen) atoms. The van der Waals surface area contributed by atoms with Gasteiger partial charge >= 0.3 is 0 Å². The summed E-state index contributed by atoms with van der Waals surface area (Å²) in [5, 5.41) is 2.98. The van der Waals surface area contributed by atoms with E-state index in [2.05, 4.69) is 10.0 Å². The van der Waals surface area contributed by atoms with Crippen molar-refractivity contribution in [3.8, 4) is 0 Å². The number of rotatable bonds is 9. The smallest absolute Gasteiger partial charge is 0.240 e. The maximum absolute atomic E-state index is 12.6. The Morgan fingerprint density at radius 1 is 0.806 bits per heavy atom. The monoisotopic (exact) mass is 436 g/mol. The van der Waals surface area contributed by atoms with Gasteiger partial charge in [-0.1, -0.05) is 72.8 Å². The van der Waals surface area contributed by atoms with Crippen LogP contribution in [-0.4, -0.2) is 26.7 Å². The molecule has 0 aliphatic carbocycles. The van der Waals surface area contributed by atoms with Crippen LogP contribution in [0.3, 0.4) is 0 Å². The average Bonchev–Trinajstić information content (AvgIpc) is 2.78. The zero-order chi connectivity index (χ0) is 22.3. The lowest BCUT2D eigenvalue weighted by molar-refractivity contribution is -0.121. The summed E-state index contributed by atoms with van der Waals surface area (Å²) < 4.78 is 27.3. The molecule has 2 N–H and O–H groups in total. The van der Waals surface area contributed by atoms with Crippen molar-refractivity contribution in [2.75, 3.05) is 6.54 Å². The van der Waals surface area contributed by atoms with E-state index in [4.69, 9.17) is 0 Å². The minimum absolute atomic E-state index is 0.0130. The molecule has 1 amide bonds. The van der Waals surface area contributed by atoms with Gasteiger partial charge in [0, 0.05) is 18.5 Å². The molecule has 0 fully saturated rings. The number of Topliss-reactive ketones (excluding diaryl/α,β-unsaturated/α-hetero) is 1. The largest absolute Gasteiger partial charge is 0.345 e. The summed E-state index contributed by atoms with van der Waals surface area (Å²) in [6, 6.07) is 24.5. The molecule has 0 saturated heterocycles. The fraction of sp³-hybridized carbons (Fsp3) is 0.167. The van der Waals surface area contributed by atoms with Crippen molar-refractivity contribution in [2.45, 2.75) is 24.3 Å². The molecule has 0 aliphatic heterocycles. The van der Waals surface area contributed by atoms with Crippen LogP contribution in [-0.2, 0) is 14.8 Å². The van der Waals surface area contributed by atoms with Crippen molar-refractivity contribution in [2.24, 2.45) is 0 Å². The van der Waals surface area contributed by atoms with E-state index >= 15 is 0 Å². The van der Waals surface area contributed by atoms with E-state index < -0.39 is 10.0 Å². The lowest BCUT2D eigenvalue weighted by atomic mass is 9.98. The maximum atomic E-state index is 12.6. The molecule has 0 saturated carbocycles. The van der Waals surface area contributed by atoms with E-state index in [-0.39, 0.29) is 35.6 Å². The molecule has 3 aromatic carbocycles. The normalized spacial score (nSPS) is 11.3. The Morgan fingerprint density at radius 3 is 1.81 bits per heavy atom. The van der Waals surface area contributed by atoms with Crippen molar-refractivity contribution in [1.29, 1.82) is 0 Å². The van der Waals surface area contributed by atoms with Crippen LogP contribution in [0, 0.1) is 0 Å². The summed E-state index contributed by atoms with van der Waals surface area (Å²) in [6.45, 7) is 1.37. The summed E-state index contributed by atoms with van der Waals surface area (Å²) in [7, 11) is -3.77. The van der Waals surface area contributed by atoms with Crippen molar-refractivity contribution in [3.63, 3.8) is 0 Å². The van der Waals surface area contributed by atoms with Crippen LogP contribution in [0.4, 0.5) is 0 Å². The van der Waals surface area contributed by atoms with Gasteiger partial charge in [0.2, 0.25) is 15.9 Å². The molecule has 0 heterocycles. The van der Waals surface area contributed by atoms with Gasteiger partial charge in [-0.2, -0.15) is 0 Å². The van der Waals surface area contributed by atoms with Crippen molar-refractivity contribution in [3.05, 3.63) is 102 Å². The number of amides is 1. The molecule has 160 valence electrons. The highest BCUT2D eigenvalue weighted by Crippen LogP contribution is 2.21. The average molecular weight is 437 g/mol. The van der Waals surface area contributed by atoms with Crippen molar-refractivity contribution >= 4 is 21.7 Å². The standard InChI is InChI=1S/C24H24N2O4S/c1-18(27)19-12-14-22(15-13-19)31(29,30)25-17-16-23(28)26-24(20-8-4-2-5-9-20)21-10-6-3-7-11-21/h2-15,24-25H,16-17H2,1H3,(H,26,28). The quantitative estimate of drug-likeness (QED) is 0.503. The van der Waals surface area contributed by atoms with Crippen LogP contribution >= 0.6 is 0 Å². The van der Waals surface area contributed by atoms with E-state index in [9.17, 15) is 18.0 Å². The van der Waals surface area contributed by atoms with Gasteiger partial charge in [-0.3, -0.25) is 9.59 Å². The Kier molecular flexibility index (Phi) is 7.33. The number of carbonyl (C=O) groups excluding carboxylic acids is 2. The first-order valence-corrected chi connectivity index (χ1v) is 11.3. The van der Waals surface area contributed by atoms with E-state index in [1.54, 1.807) is 0 Å². The molecule has 7 heteroatoms. The van der Waals surface area contributed by atoms with Crippen LogP contribution < -0.4 is 10.0 Å². The second-order valence-electron chi connectivity index (χ2n) is 7.05. The summed E-state index contributed by atoms with van der Waals surface area (Å²) in [4.78, 5) is 23.9. The van der Waals surface area contributed by atoms with Crippen LogP contribution in [0.2, 0.25) is 0 Å². The summed E-state index contributed by atoms with van der Waals surface area (Å²) in [6.07, 6.45) is -0.0130. The van der Waals surface area contributed by atoms with Crippen molar-refractivity contribution < 1.29 is 18.0 Å². The first-order valence-electron chi connectivity index (χ1n) is 9.87. The Bertz CT molecular complexity index is 1090. The Morgan fingerprint density at radius 2 is 1.32 bits per heavy atom. The van der Waals surface area contributed by atoms with Crippen LogP contribution in [0.5, 0.6) is 0 Å². The van der Waals surface area contributed by atoms with Crippen molar-refractivity contribution in [1.82, 2.24) is 10.0 Å². The first-order chi connectivity index (χ1) is 14.9. The highest BCUT2D eigenvalue weighted by atomic mass is 32.2. The van der Waals surface area contributed by atoms with Gasteiger partial charge in [-0.15, -0.1) is 0 Å². The minimum Gasteiger partial charge on any atom is -0.345 e. The molecule has 0 radical (unpaired) electrons. The zero-order valence-electron chi connectivity index (χ0n) is 17.1. The second-order valence-corrected chi connectivity index (χ2v) is 8.82. The van der Waals surface area contributed by atoms with Crippen LogP contribution in [0.25, 0.3) is 0 Å². The molecular formula is C24H24N2O4S. The van der Waals surface area contributed by atoms with E-state index in [1.165, 1.54) is 31.2 Å². The summed E-state index contributed by atoms with van der Waals surface area (Å²) in [5.74, 6) is -0.410. The number of ketones is 1. The molecule has 0 aliphatic rings. The van der Waals surface area contributed by atoms with Gasteiger partial charge in [0.15, 0.2) is 5.78 Å². The lowest BCUT2D eigenvalue weighted by Gasteiger charge is -2.20. The Labute approximate surface area is 182 Å². The summed E-state index contributed by atoms with van der Waals surface area (Å²) in [5.41, 5.74) is 2.31. The fourth-order valence-electron chi connectivity index (χ4n) is 3.13. The highest BCUT2D eigenvalue weighted by Gasteiger charge is 2.18. The van der Waals surface area contributed by atoms with Crippen LogP contribution in [0.15, 0.2) is 89.8 Å². The molecule has 0 bridgehead atoms. The van der Waals surface area contributed by atoms with E-state index in [1.807, 2.05) is 60.7 Å². The fourth-order valence-corrected chi connectivity index (χ4v) is 4.17. The highest BCUT2D eigenvalue weighted by molar-refractivity contribution is 7.89. The van der Waals surface area contributed by atoms with Gasteiger partial charge in [0.1, 0.15) is 0 Å². The number of sulfonamides is 1. The topological polar surface area (TPSA) is 92.3 Å². The molecule has 0 spiro atoms. The third kappa shape index (κ3) is 6.10. The second kappa shape index (κ2) is 10.1. The number of carbonyl (C=O) groups is 2. The van der Waals surface area contributed by atoms with E-state index in [0.717, 1.165) is 11.1 Å². The van der Waals surface area contributed by atoms with Gasteiger partial charge in [0.05, 0.1) is 10.9 Å². The summed E-state index contributed by atoms with van der Waals surface area (Å²) >= 11 is 0. The predicted molar refractivity (Wildman–Crippen MR) is 119 cm³/mol.